The highest BCUT2D eigenvalue weighted by molar-refractivity contribution is 7.47. The molecule has 0 aliphatic heterocycles. The van der Waals surface area contributed by atoms with E-state index in [4.69, 9.17) is 37.0 Å². The van der Waals surface area contributed by atoms with Gasteiger partial charge in [-0.05, 0) is 37.5 Å². The van der Waals surface area contributed by atoms with Crippen molar-refractivity contribution in [1.29, 1.82) is 0 Å². The lowest BCUT2D eigenvalue weighted by atomic mass is 10.0. The summed E-state index contributed by atoms with van der Waals surface area (Å²) in [6.45, 7) is 9.49. The minimum absolute atomic E-state index is 0.106. The zero-order valence-electron chi connectivity index (χ0n) is 55.6. The molecule has 0 rings (SSSR count). The number of carbonyl (C=O) groups excluding carboxylic acids is 4. The number of aliphatic hydroxyl groups is 1. The summed E-state index contributed by atoms with van der Waals surface area (Å²) in [4.78, 5) is 72.3. The topological polar surface area (TPSA) is 237 Å². The van der Waals surface area contributed by atoms with E-state index in [9.17, 15) is 43.2 Å². The third-order valence-corrected chi connectivity index (χ3v) is 17.4. The van der Waals surface area contributed by atoms with Crippen molar-refractivity contribution in [2.45, 2.75) is 355 Å². The minimum Gasteiger partial charge on any atom is -0.462 e. The fraction of sp³-hybridized carbons (Fsp3) is 0.940. The monoisotopic (exact) mass is 1270 g/mol. The predicted octanol–water partition coefficient (Wildman–Crippen LogP) is 18.8. The number of esters is 4. The maximum atomic E-state index is 13.0. The molecule has 0 heterocycles. The van der Waals surface area contributed by atoms with Crippen LogP contribution in [-0.4, -0.2) is 96.7 Å². The number of hydrogen-bond acceptors (Lipinski definition) is 15. The molecule has 0 radical (unpaired) electrons. The van der Waals surface area contributed by atoms with Crippen molar-refractivity contribution in [1.82, 2.24) is 0 Å². The average molecular weight is 1270 g/mol. The van der Waals surface area contributed by atoms with Crippen molar-refractivity contribution in [3.05, 3.63) is 0 Å². The molecule has 510 valence electrons. The third kappa shape index (κ3) is 60.9. The highest BCUT2D eigenvalue weighted by atomic mass is 31.2. The van der Waals surface area contributed by atoms with Gasteiger partial charge < -0.3 is 33.8 Å². The van der Waals surface area contributed by atoms with E-state index in [0.717, 1.165) is 102 Å². The van der Waals surface area contributed by atoms with Crippen LogP contribution in [0.5, 0.6) is 0 Å². The van der Waals surface area contributed by atoms with Crippen LogP contribution in [0.4, 0.5) is 0 Å². The van der Waals surface area contributed by atoms with Crippen LogP contribution in [-0.2, 0) is 65.4 Å². The number of ether oxygens (including phenoxy) is 4. The molecule has 0 aromatic rings. The molecule has 3 N–H and O–H groups in total. The third-order valence-electron chi connectivity index (χ3n) is 15.5. The van der Waals surface area contributed by atoms with Gasteiger partial charge in [0.25, 0.3) is 0 Å². The fourth-order valence-corrected chi connectivity index (χ4v) is 11.6. The number of unbranched alkanes of at least 4 members (excludes halogenated alkanes) is 36. The highest BCUT2D eigenvalue weighted by Crippen LogP contribution is 2.45. The van der Waals surface area contributed by atoms with Crippen molar-refractivity contribution in [2.75, 3.05) is 39.6 Å². The summed E-state index contributed by atoms with van der Waals surface area (Å²) in [5, 5.41) is 10.6. The van der Waals surface area contributed by atoms with E-state index in [0.29, 0.717) is 25.7 Å². The summed E-state index contributed by atoms with van der Waals surface area (Å²) >= 11 is 0. The smallest absolute Gasteiger partial charge is 0.462 e. The molecule has 5 atom stereocenters. The first kappa shape index (κ1) is 84.1. The summed E-state index contributed by atoms with van der Waals surface area (Å²) in [6.07, 6.45) is 43.0. The van der Waals surface area contributed by atoms with Gasteiger partial charge in [-0.3, -0.25) is 37.3 Å². The lowest BCUT2D eigenvalue weighted by Gasteiger charge is -2.21. The Labute approximate surface area is 524 Å². The number of aliphatic hydroxyl groups excluding tert-OH is 1. The minimum atomic E-state index is -4.95. The standard InChI is InChI=1S/C67H130O17P2/c1-7-9-11-13-15-17-26-33-39-45-51-66(71)83-62(55-77-64(69)49-43-37-31-23-16-14-12-10-8-2)57-81-85(73,74)79-53-61(68)54-80-86(75,76)82-58-63(56-78-65(70)50-44-38-32-28-22-25-30-36-42-48-60(5)6)84-67(72)52-46-40-34-27-21-19-18-20-24-29-35-41-47-59(3)4/h59-63,68H,7-58H2,1-6H3,(H,73,74)(H,75,76)/t61-,62+,63+/m0/s1. The summed E-state index contributed by atoms with van der Waals surface area (Å²) in [7, 11) is -9.89. The van der Waals surface area contributed by atoms with Crippen LogP contribution in [0.1, 0.15) is 337 Å². The Morgan fingerprint density at radius 1 is 0.314 bits per heavy atom. The first-order valence-electron chi connectivity index (χ1n) is 35.0. The van der Waals surface area contributed by atoms with E-state index in [1.165, 1.54) is 154 Å². The van der Waals surface area contributed by atoms with Crippen molar-refractivity contribution < 1.29 is 80.2 Å². The van der Waals surface area contributed by atoms with Gasteiger partial charge in [0.2, 0.25) is 0 Å². The maximum Gasteiger partial charge on any atom is 0.472 e. The molecule has 2 unspecified atom stereocenters. The molecule has 19 heteroatoms. The largest absolute Gasteiger partial charge is 0.472 e. The number of carbonyl (C=O) groups is 4. The molecule has 0 aliphatic rings. The van der Waals surface area contributed by atoms with Crippen molar-refractivity contribution in [3.63, 3.8) is 0 Å². The van der Waals surface area contributed by atoms with E-state index >= 15 is 0 Å². The summed E-state index contributed by atoms with van der Waals surface area (Å²) < 4.78 is 68.1. The molecule has 86 heavy (non-hydrogen) atoms. The second kappa shape index (κ2) is 59.4. The molecule has 0 aromatic heterocycles. The van der Waals surface area contributed by atoms with Gasteiger partial charge in [0.1, 0.15) is 19.3 Å². The molecular formula is C67H130O17P2. The van der Waals surface area contributed by atoms with E-state index in [-0.39, 0.29) is 25.7 Å². The second-order valence-electron chi connectivity index (χ2n) is 25.2. The van der Waals surface area contributed by atoms with Gasteiger partial charge in [0.15, 0.2) is 12.2 Å². The molecular weight excluding hydrogens is 1140 g/mol. The average Bonchev–Trinajstić information content (AvgIpc) is 3.61. The molecule has 0 saturated carbocycles. The van der Waals surface area contributed by atoms with E-state index in [2.05, 4.69) is 41.5 Å². The normalized spacial score (nSPS) is 14.2. The van der Waals surface area contributed by atoms with Gasteiger partial charge in [0.05, 0.1) is 26.4 Å². The Morgan fingerprint density at radius 2 is 0.535 bits per heavy atom. The van der Waals surface area contributed by atoms with Crippen molar-refractivity contribution in [2.24, 2.45) is 11.8 Å². The van der Waals surface area contributed by atoms with Crippen LogP contribution in [0, 0.1) is 11.8 Å². The number of phosphoric acid groups is 2. The molecule has 0 spiro atoms. The van der Waals surface area contributed by atoms with E-state index in [1.807, 2.05) is 0 Å². The Balaban J connectivity index is 5.23. The van der Waals surface area contributed by atoms with Gasteiger partial charge in [-0.25, -0.2) is 9.13 Å². The SMILES string of the molecule is CCCCCCCCCCCCC(=O)O[C@H](COC(=O)CCCCCCCCCCC)COP(=O)(O)OC[C@H](O)COP(=O)(O)OC[C@@H](COC(=O)CCCCCCCCCCCC(C)C)OC(=O)CCCCCCCCCCCCCCC(C)C. The molecule has 17 nitrogen and oxygen atoms in total. The lowest BCUT2D eigenvalue weighted by molar-refractivity contribution is -0.161. The highest BCUT2D eigenvalue weighted by Gasteiger charge is 2.30. The predicted molar refractivity (Wildman–Crippen MR) is 345 cm³/mol. The molecule has 0 aliphatic carbocycles. The zero-order valence-corrected chi connectivity index (χ0v) is 57.4. The number of hydrogen-bond donors (Lipinski definition) is 3. The molecule has 0 aromatic carbocycles. The quantitative estimate of drug-likeness (QED) is 0.0222. The van der Waals surface area contributed by atoms with Gasteiger partial charge in [-0.15, -0.1) is 0 Å². The van der Waals surface area contributed by atoms with Crippen molar-refractivity contribution >= 4 is 39.5 Å². The summed E-state index contributed by atoms with van der Waals surface area (Å²) in [5.41, 5.74) is 0. The summed E-state index contributed by atoms with van der Waals surface area (Å²) in [6, 6.07) is 0. The van der Waals surface area contributed by atoms with Crippen LogP contribution in [0.15, 0.2) is 0 Å². The molecule has 0 fully saturated rings. The first-order chi connectivity index (χ1) is 41.4. The van der Waals surface area contributed by atoms with E-state index in [1.54, 1.807) is 0 Å². The zero-order chi connectivity index (χ0) is 63.6. The Hall–Kier alpha value is -1.94. The Bertz CT molecular complexity index is 1680. The maximum absolute atomic E-state index is 13.0. The van der Waals surface area contributed by atoms with Gasteiger partial charge in [-0.1, -0.05) is 286 Å². The molecule has 0 bridgehead atoms. The van der Waals surface area contributed by atoms with Crippen LogP contribution in [0.3, 0.4) is 0 Å². The number of phosphoric ester groups is 2. The van der Waals surface area contributed by atoms with Crippen LogP contribution < -0.4 is 0 Å². The van der Waals surface area contributed by atoms with E-state index < -0.39 is 97.5 Å². The van der Waals surface area contributed by atoms with Gasteiger partial charge >= 0.3 is 39.5 Å². The Morgan fingerprint density at radius 3 is 0.791 bits per heavy atom. The fourth-order valence-electron chi connectivity index (χ4n) is 10.1. The van der Waals surface area contributed by atoms with Crippen LogP contribution >= 0.6 is 15.6 Å². The van der Waals surface area contributed by atoms with Crippen LogP contribution in [0.2, 0.25) is 0 Å². The van der Waals surface area contributed by atoms with Gasteiger partial charge in [0, 0.05) is 25.7 Å². The molecule has 0 saturated heterocycles. The summed E-state index contributed by atoms with van der Waals surface area (Å²) in [5.74, 6) is -0.609. The van der Waals surface area contributed by atoms with Crippen molar-refractivity contribution in [3.8, 4) is 0 Å². The van der Waals surface area contributed by atoms with Crippen LogP contribution in [0.25, 0.3) is 0 Å². The van der Waals surface area contributed by atoms with Gasteiger partial charge in [-0.2, -0.15) is 0 Å². The second-order valence-corrected chi connectivity index (χ2v) is 28.1. The lowest BCUT2D eigenvalue weighted by Crippen LogP contribution is -2.30. The Kier molecular flexibility index (Phi) is 58.0. The first-order valence-corrected chi connectivity index (χ1v) is 38.0. The number of rotatable bonds is 66. The molecule has 0 amide bonds.